The van der Waals surface area contributed by atoms with Gasteiger partial charge >= 0.3 is 0 Å². The molecule has 0 aliphatic heterocycles. The summed E-state index contributed by atoms with van der Waals surface area (Å²) >= 11 is 0. The number of nitro benzene ring substituents is 1. The summed E-state index contributed by atoms with van der Waals surface area (Å²) in [5.74, 6) is 0.913. The molecule has 1 aliphatic carbocycles. The molecule has 0 atom stereocenters. The van der Waals surface area contributed by atoms with E-state index >= 15 is 0 Å². The van der Waals surface area contributed by atoms with Crippen LogP contribution < -0.4 is 4.90 Å². The van der Waals surface area contributed by atoms with Crippen LogP contribution in [0.2, 0.25) is 0 Å². The molecule has 0 unspecified atom stereocenters. The van der Waals surface area contributed by atoms with Crippen LogP contribution in [0.1, 0.15) is 24.8 Å². The molecule has 1 saturated carbocycles. The Balaban J connectivity index is 2.05. The number of nitrogens with zero attached hydrogens (tertiary/aromatic N) is 2. The van der Waals surface area contributed by atoms with E-state index in [1.54, 1.807) is 12.1 Å². The Kier molecular flexibility index (Phi) is 3.31. The molecule has 1 aromatic rings. The van der Waals surface area contributed by atoms with Gasteiger partial charge in [0.15, 0.2) is 0 Å². The number of non-ortho nitro benzene ring substituents is 1. The summed E-state index contributed by atoms with van der Waals surface area (Å²) < 4.78 is 0. The Morgan fingerprint density at radius 2 is 2.18 bits per heavy atom. The summed E-state index contributed by atoms with van der Waals surface area (Å²) in [5, 5.41) is 10.6. The van der Waals surface area contributed by atoms with Crippen molar-refractivity contribution in [3.05, 3.63) is 33.9 Å². The average molecular weight is 234 g/mol. The molecule has 1 fully saturated rings. The Morgan fingerprint density at radius 1 is 1.47 bits per heavy atom. The highest BCUT2D eigenvalue weighted by atomic mass is 16.6. The lowest BCUT2D eigenvalue weighted by molar-refractivity contribution is -0.384. The van der Waals surface area contributed by atoms with Gasteiger partial charge < -0.3 is 4.90 Å². The number of aryl methyl sites for hydroxylation is 1. The Bertz CT molecular complexity index is 427. The minimum absolute atomic E-state index is 0.168. The van der Waals surface area contributed by atoms with Crippen LogP contribution in [-0.4, -0.2) is 18.5 Å². The molecule has 1 aromatic carbocycles. The van der Waals surface area contributed by atoms with Crippen LogP contribution in [0.4, 0.5) is 11.4 Å². The Morgan fingerprint density at radius 3 is 2.71 bits per heavy atom. The van der Waals surface area contributed by atoms with Crippen LogP contribution in [0.15, 0.2) is 18.2 Å². The third-order valence-corrected chi connectivity index (χ3v) is 3.37. The minimum atomic E-state index is -0.346. The van der Waals surface area contributed by atoms with Gasteiger partial charge in [0.25, 0.3) is 5.69 Å². The third-order valence-electron chi connectivity index (χ3n) is 3.37. The highest BCUT2D eigenvalue weighted by molar-refractivity contribution is 5.56. The zero-order chi connectivity index (χ0) is 12.4. The van der Waals surface area contributed by atoms with Crippen molar-refractivity contribution in [1.82, 2.24) is 0 Å². The fourth-order valence-electron chi connectivity index (χ4n) is 2.08. The SMILES string of the molecule is Cc1cc([N+](=O)[O-])ccc1N(C)CCC1CC1. The predicted molar refractivity (Wildman–Crippen MR) is 68.4 cm³/mol. The molecule has 4 nitrogen and oxygen atoms in total. The normalized spacial score (nSPS) is 14.7. The first-order chi connectivity index (χ1) is 8.08. The maximum absolute atomic E-state index is 10.6. The molecule has 0 aromatic heterocycles. The average Bonchev–Trinajstić information content (AvgIpc) is 3.09. The van der Waals surface area contributed by atoms with Crippen LogP contribution >= 0.6 is 0 Å². The molecule has 0 bridgehead atoms. The van der Waals surface area contributed by atoms with Gasteiger partial charge in [-0.15, -0.1) is 0 Å². The Hall–Kier alpha value is -1.58. The van der Waals surface area contributed by atoms with Gasteiger partial charge in [-0.05, 0) is 30.9 Å². The van der Waals surface area contributed by atoms with E-state index in [1.807, 2.05) is 13.0 Å². The summed E-state index contributed by atoms with van der Waals surface area (Å²) in [6.45, 7) is 2.96. The van der Waals surface area contributed by atoms with Crippen molar-refractivity contribution < 1.29 is 4.92 Å². The lowest BCUT2D eigenvalue weighted by Gasteiger charge is -2.21. The second kappa shape index (κ2) is 4.73. The fraction of sp³-hybridized carbons (Fsp3) is 0.538. The van der Waals surface area contributed by atoms with Crippen molar-refractivity contribution in [2.24, 2.45) is 5.92 Å². The zero-order valence-corrected chi connectivity index (χ0v) is 10.3. The van der Waals surface area contributed by atoms with E-state index in [0.717, 1.165) is 23.7 Å². The van der Waals surface area contributed by atoms with E-state index in [-0.39, 0.29) is 10.6 Å². The van der Waals surface area contributed by atoms with Gasteiger partial charge in [0, 0.05) is 31.4 Å². The molecule has 4 heteroatoms. The zero-order valence-electron chi connectivity index (χ0n) is 10.3. The van der Waals surface area contributed by atoms with E-state index < -0.39 is 0 Å². The first kappa shape index (κ1) is 11.9. The quantitative estimate of drug-likeness (QED) is 0.580. The molecule has 17 heavy (non-hydrogen) atoms. The first-order valence-corrected chi connectivity index (χ1v) is 6.04. The van der Waals surface area contributed by atoms with Gasteiger partial charge in [-0.25, -0.2) is 0 Å². The van der Waals surface area contributed by atoms with Crippen molar-refractivity contribution in [3.8, 4) is 0 Å². The number of hydrogen-bond acceptors (Lipinski definition) is 3. The van der Waals surface area contributed by atoms with E-state index in [2.05, 4.69) is 11.9 Å². The van der Waals surface area contributed by atoms with E-state index in [1.165, 1.54) is 19.3 Å². The smallest absolute Gasteiger partial charge is 0.269 e. The monoisotopic (exact) mass is 234 g/mol. The topological polar surface area (TPSA) is 46.4 Å². The predicted octanol–water partition coefficient (Wildman–Crippen LogP) is 3.14. The van der Waals surface area contributed by atoms with Crippen molar-refractivity contribution in [2.45, 2.75) is 26.2 Å². The molecule has 0 spiro atoms. The maximum Gasteiger partial charge on any atom is 0.269 e. The van der Waals surface area contributed by atoms with Gasteiger partial charge in [-0.3, -0.25) is 10.1 Å². The number of rotatable bonds is 5. The van der Waals surface area contributed by atoms with Gasteiger partial charge in [-0.1, -0.05) is 12.8 Å². The van der Waals surface area contributed by atoms with Crippen LogP contribution in [0, 0.1) is 23.0 Å². The van der Waals surface area contributed by atoms with Crippen molar-refractivity contribution >= 4 is 11.4 Å². The third kappa shape index (κ3) is 2.96. The molecule has 0 N–H and O–H groups in total. The summed E-state index contributed by atoms with van der Waals surface area (Å²) in [4.78, 5) is 12.5. The second-order valence-corrected chi connectivity index (χ2v) is 4.88. The van der Waals surface area contributed by atoms with Crippen LogP contribution in [0.5, 0.6) is 0 Å². The summed E-state index contributed by atoms with van der Waals surface area (Å²) in [7, 11) is 2.05. The number of benzene rings is 1. The van der Waals surface area contributed by atoms with Crippen LogP contribution in [-0.2, 0) is 0 Å². The van der Waals surface area contributed by atoms with Crippen LogP contribution in [0.3, 0.4) is 0 Å². The summed E-state index contributed by atoms with van der Waals surface area (Å²) in [6, 6.07) is 5.07. The Labute approximate surface area is 101 Å². The second-order valence-electron chi connectivity index (χ2n) is 4.88. The van der Waals surface area contributed by atoms with Crippen molar-refractivity contribution in [2.75, 3.05) is 18.5 Å². The molecule has 0 saturated heterocycles. The van der Waals surface area contributed by atoms with Crippen LogP contribution in [0.25, 0.3) is 0 Å². The molecule has 92 valence electrons. The van der Waals surface area contributed by atoms with Gasteiger partial charge in [0.1, 0.15) is 0 Å². The summed E-state index contributed by atoms with van der Waals surface area (Å²) in [5.41, 5.74) is 2.23. The maximum atomic E-state index is 10.6. The molecule has 0 amide bonds. The standard InChI is InChI=1S/C13H18N2O2/c1-10-9-12(15(16)17)5-6-13(10)14(2)8-7-11-3-4-11/h5-6,9,11H,3-4,7-8H2,1-2H3. The molecule has 1 aliphatic rings. The first-order valence-electron chi connectivity index (χ1n) is 6.04. The van der Waals surface area contributed by atoms with E-state index in [9.17, 15) is 10.1 Å². The number of hydrogen-bond donors (Lipinski definition) is 0. The largest absolute Gasteiger partial charge is 0.374 e. The lowest BCUT2D eigenvalue weighted by atomic mass is 10.1. The number of anilines is 1. The molecule has 0 heterocycles. The highest BCUT2D eigenvalue weighted by Gasteiger charge is 2.21. The van der Waals surface area contributed by atoms with Gasteiger partial charge in [-0.2, -0.15) is 0 Å². The van der Waals surface area contributed by atoms with Crippen molar-refractivity contribution in [1.29, 1.82) is 0 Å². The number of nitro groups is 1. The fourth-order valence-corrected chi connectivity index (χ4v) is 2.08. The van der Waals surface area contributed by atoms with E-state index in [0.29, 0.717) is 0 Å². The summed E-state index contributed by atoms with van der Waals surface area (Å²) in [6.07, 6.45) is 3.97. The highest BCUT2D eigenvalue weighted by Crippen LogP contribution is 2.33. The van der Waals surface area contributed by atoms with Crippen molar-refractivity contribution in [3.63, 3.8) is 0 Å². The molecular formula is C13H18N2O2. The lowest BCUT2D eigenvalue weighted by Crippen LogP contribution is -2.19. The molecule has 0 radical (unpaired) electrons. The molecular weight excluding hydrogens is 216 g/mol. The van der Waals surface area contributed by atoms with Gasteiger partial charge in [0.2, 0.25) is 0 Å². The van der Waals surface area contributed by atoms with E-state index in [4.69, 9.17) is 0 Å². The molecule has 2 rings (SSSR count). The van der Waals surface area contributed by atoms with Gasteiger partial charge in [0.05, 0.1) is 4.92 Å². The minimum Gasteiger partial charge on any atom is -0.374 e.